The fourth-order valence-electron chi connectivity index (χ4n) is 1.12. The predicted molar refractivity (Wildman–Crippen MR) is 51.1 cm³/mol. The van der Waals surface area contributed by atoms with E-state index in [9.17, 15) is 0 Å². The van der Waals surface area contributed by atoms with Crippen molar-refractivity contribution in [3.05, 3.63) is 16.9 Å². The molecule has 2 aromatic rings. The molecule has 0 unspecified atom stereocenters. The van der Waals surface area contributed by atoms with E-state index in [1.54, 1.807) is 6.20 Å². The van der Waals surface area contributed by atoms with Crippen molar-refractivity contribution in [2.75, 3.05) is 12.4 Å². The first-order valence-electron chi connectivity index (χ1n) is 3.49. The lowest BCUT2D eigenvalue weighted by atomic mass is 10.3. The molecule has 0 radical (unpaired) electrons. The Hall–Kier alpha value is -1.10. The van der Waals surface area contributed by atoms with E-state index in [2.05, 4.69) is 36.4 Å². The van der Waals surface area contributed by atoms with Gasteiger partial charge in [-0.25, -0.2) is 4.98 Å². The topological polar surface area (TPSA) is 53.6 Å². The van der Waals surface area contributed by atoms with Gasteiger partial charge in [0.05, 0.1) is 10.9 Å². The molecule has 0 aliphatic heterocycles. The van der Waals surface area contributed by atoms with Gasteiger partial charge in [0.15, 0.2) is 0 Å². The Morgan fingerprint density at radius 3 is 3.17 bits per heavy atom. The summed E-state index contributed by atoms with van der Waals surface area (Å²) in [4.78, 5) is 4.16. The van der Waals surface area contributed by atoms with E-state index in [1.807, 2.05) is 13.1 Å². The van der Waals surface area contributed by atoms with Gasteiger partial charge in [0.25, 0.3) is 0 Å². The van der Waals surface area contributed by atoms with Crippen molar-refractivity contribution in [3.8, 4) is 0 Å². The molecule has 5 heteroatoms. The van der Waals surface area contributed by atoms with Crippen molar-refractivity contribution >= 4 is 32.7 Å². The lowest BCUT2D eigenvalue weighted by Gasteiger charge is -1.98. The summed E-state index contributed by atoms with van der Waals surface area (Å²) in [6.07, 6.45) is 1.72. The van der Waals surface area contributed by atoms with E-state index in [0.29, 0.717) is 0 Å². The molecule has 2 N–H and O–H groups in total. The molecule has 2 heterocycles. The molecule has 0 fully saturated rings. The molecule has 62 valence electrons. The average molecular weight is 227 g/mol. The van der Waals surface area contributed by atoms with Gasteiger partial charge in [-0.2, -0.15) is 5.10 Å². The van der Waals surface area contributed by atoms with Crippen LogP contribution in [0.2, 0.25) is 0 Å². The van der Waals surface area contributed by atoms with Crippen molar-refractivity contribution in [2.24, 2.45) is 0 Å². The highest BCUT2D eigenvalue weighted by molar-refractivity contribution is 9.10. The van der Waals surface area contributed by atoms with Crippen molar-refractivity contribution in [1.29, 1.82) is 0 Å². The number of aromatic nitrogens is 3. The maximum absolute atomic E-state index is 4.16. The van der Waals surface area contributed by atoms with E-state index >= 15 is 0 Å². The molecule has 0 saturated carbocycles. The molecule has 0 bridgehead atoms. The van der Waals surface area contributed by atoms with E-state index in [-0.39, 0.29) is 0 Å². The van der Waals surface area contributed by atoms with E-state index in [1.165, 1.54) is 0 Å². The van der Waals surface area contributed by atoms with Crippen LogP contribution in [-0.4, -0.2) is 22.2 Å². The summed E-state index contributed by atoms with van der Waals surface area (Å²) in [5.41, 5.74) is 0.904. The van der Waals surface area contributed by atoms with Gasteiger partial charge < -0.3 is 5.32 Å². The van der Waals surface area contributed by atoms with Gasteiger partial charge in [-0.15, -0.1) is 0 Å². The highest BCUT2D eigenvalue weighted by Crippen LogP contribution is 2.25. The maximum atomic E-state index is 4.16. The summed E-state index contributed by atoms with van der Waals surface area (Å²) in [5, 5.41) is 10.9. The first-order valence-corrected chi connectivity index (χ1v) is 4.28. The van der Waals surface area contributed by atoms with Gasteiger partial charge in [-0.05, 0) is 22.0 Å². The lowest BCUT2D eigenvalue weighted by molar-refractivity contribution is 1.10. The van der Waals surface area contributed by atoms with Crippen LogP contribution in [0.4, 0.5) is 5.82 Å². The summed E-state index contributed by atoms with van der Waals surface area (Å²) in [6.45, 7) is 0. The number of anilines is 1. The first-order chi connectivity index (χ1) is 5.83. The smallest absolute Gasteiger partial charge is 0.137 e. The predicted octanol–water partition coefficient (Wildman–Crippen LogP) is 1.76. The molecule has 0 aliphatic rings. The molecule has 0 amide bonds. The highest BCUT2D eigenvalue weighted by Gasteiger charge is 2.06. The molecular weight excluding hydrogens is 220 g/mol. The zero-order valence-electron chi connectivity index (χ0n) is 6.43. The lowest BCUT2D eigenvalue weighted by Crippen LogP contribution is -1.91. The Kier molecular flexibility index (Phi) is 1.73. The normalized spacial score (nSPS) is 10.5. The number of hydrogen-bond donors (Lipinski definition) is 2. The van der Waals surface area contributed by atoms with Crippen LogP contribution in [-0.2, 0) is 0 Å². The number of H-pyrrole nitrogens is 1. The van der Waals surface area contributed by atoms with Crippen LogP contribution in [0.5, 0.6) is 0 Å². The number of pyridine rings is 1. The van der Waals surface area contributed by atoms with Crippen molar-refractivity contribution in [1.82, 2.24) is 15.2 Å². The zero-order valence-corrected chi connectivity index (χ0v) is 8.01. The van der Waals surface area contributed by atoms with Crippen molar-refractivity contribution < 1.29 is 0 Å². The number of aromatic amines is 1. The molecule has 2 rings (SSSR count). The van der Waals surface area contributed by atoms with E-state index in [0.717, 1.165) is 21.3 Å². The summed E-state index contributed by atoms with van der Waals surface area (Å²) >= 11 is 3.36. The molecule has 12 heavy (non-hydrogen) atoms. The van der Waals surface area contributed by atoms with Gasteiger partial charge in [0.1, 0.15) is 10.4 Å². The minimum Gasteiger partial charge on any atom is -0.373 e. The zero-order chi connectivity index (χ0) is 8.55. The summed E-state index contributed by atoms with van der Waals surface area (Å²) in [7, 11) is 1.83. The van der Waals surface area contributed by atoms with Crippen LogP contribution in [0, 0.1) is 0 Å². The second-order valence-electron chi connectivity index (χ2n) is 2.34. The van der Waals surface area contributed by atoms with Gasteiger partial charge in [0, 0.05) is 13.2 Å². The second-order valence-corrected chi connectivity index (χ2v) is 3.13. The fourth-order valence-corrected chi connectivity index (χ4v) is 1.60. The summed E-state index contributed by atoms with van der Waals surface area (Å²) < 4.78 is 0.856. The Bertz CT molecular complexity index is 409. The van der Waals surface area contributed by atoms with Crippen LogP contribution in [0.1, 0.15) is 0 Å². The third kappa shape index (κ3) is 0.972. The largest absolute Gasteiger partial charge is 0.373 e. The van der Waals surface area contributed by atoms with Gasteiger partial charge in [-0.1, -0.05) is 0 Å². The third-order valence-electron chi connectivity index (χ3n) is 1.66. The van der Waals surface area contributed by atoms with E-state index in [4.69, 9.17) is 0 Å². The van der Waals surface area contributed by atoms with Crippen LogP contribution >= 0.6 is 15.9 Å². The second kappa shape index (κ2) is 2.75. The molecule has 0 atom stereocenters. The Morgan fingerprint density at radius 1 is 1.58 bits per heavy atom. The molecular formula is C7H7BrN4. The van der Waals surface area contributed by atoms with Crippen LogP contribution in [0.3, 0.4) is 0 Å². The molecule has 0 saturated heterocycles. The number of hydrogen-bond acceptors (Lipinski definition) is 3. The monoisotopic (exact) mass is 226 g/mol. The minimum absolute atomic E-state index is 0.827. The SMILES string of the molecule is CNc1nccc2n[nH]c(Br)c12. The van der Waals surface area contributed by atoms with Crippen LogP contribution in [0.15, 0.2) is 16.9 Å². The van der Waals surface area contributed by atoms with Gasteiger partial charge >= 0.3 is 0 Å². The molecule has 0 aliphatic carbocycles. The Labute approximate surface area is 77.5 Å². The number of nitrogens with zero attached hydrogens (tertiary/aromatic N) is 2. The molecule has 2 aromatic heterocycles. The Morgan fingerprint density at radius 2 is 2.42 bits per heavy atom. The molecule has 4 nitrogen and oxygen atoms in total. The fraction of sp³-hybridized carbons (Fsp3) is 0.143. The number of nitrogens with one attached hydrogen (secondary N) is 2. The maximum Gasteiger partial charge on any atom is 0.137 e. The summed E-state index contributed by atoms with van der Waals surface area (Å²) in [5.74, 6) is 0.827. The number of rotatable bonds is 1. The van der Waals surface area contributed by atoms with E-state index < -0.39 is 0 Å². The van der Waals surface area contributed by atoms with Crippen LogP contribution in [0.25, 0.3) is 10.9 Å². The number of fused-ring (bicyclic) bond motifs is 1. The molecule has 0 spiro atoms. The first kappa shape index (κ1) is 7.54. The number of halogens is 1. The van der Waals surface area contributed by atoms with Gasteiger partial charge in [0.2, 0.25) is 0 Å². The summed E-state index contributed by atoms with van der Waals surface area (Å²) in [6, 6.07) is 1.86. The van der Waals surface area contributed by atoms with Crippen molar-refractivity contribution in [2.45, 2.75) is 0 Å². The molecule has 0 aromatic carbocycles. The highest BCUT2D eigenvalue weighted by atomic mass is 79.9. The van der Waals surface area contributed by atoms with Gasteiger partial charge in [-0.3, -0.25) is 5.10 Å². The van der Waals surface area contributed by atoms with Crippen molar-refractivity contribution in [3.63, 3.8) is 0 Å². The average Bonchev–Trinajstić information content (AvgIpc) is 2.48. The Balaban J connectivity index is 2.84. The minimum atomic E-state index is 0.827. The van der Waals surface area contributed by atoms with Crippen LogP contribution < -0.4 is 5.32 Å². The standard InChI is InChI=1S/C7H7BrN4/c1-9-7-5-4(2-3-10-7)11-12-6(5)8/h2-3H,1H3,(H,9,10)(H,11,12). The third-order valence-corrected chi connectivity index (χ3v) is 2.23. The quantitative estimate of drug-likeness (QED) is 0.780.